The third-order valence-corrected chi connectivity index (χ3v) is 4.35. The molecular weight excluding hydrogens is 405 g/mol. The minimum absolute atomic E-state index is 0.00843. The molecule has 0 aliphatic rings. The van der Waals surface area contributed by atoms with Crippen molar-refractivity contribution >= 4 is 45.8 Å². The Kier molecular flexibility index (Phi) is 5.91. The third kappa shape index (κ3) is 3.97. The van der Waals surface area contributed by atoms with Crippen molar-refractivity contribution in [3.63, 3.8) is 0 Å². The van der Waals surface area contributed by atoms with Gasteiger partial charge in [0.2, 0.25) is 0 Å². The minimum Gasteiger partial charge on any atom is -0.267 e. The Bertz CT molecular complexity index is 1130. The van der Waals surface area contributed by atoms with E-state index in [0.717, 1.165) is 0 Å². The maximum absolute atomic E-state index is 12.6. The molecule has 10 heteroatoms. The van der Waals surface area contributed by atoms with Crippen LogP contribution in [-0.4, -0.2) is 26.6 Å². The lowest BCUT2D eigenvalue weighted by Gasteiger charge is -2.11. The van der Waals surface area contributed by atoms with Gasteiger partial charge in [0.15, 0.2) is 5.69 Å². The second-order valence-electron chi connectivity index (χ2n) is 5.80. The van der Waals surface area contributed by atoms with Crippen LogP contribution in [0.25, 0.3) is 10.8 Å². The predicted molar refractivity (Wildman–Crippen MR) is 105 cm³/mol. The van der Waals surface area contributed by atoms with E-state index < -0.39 is 11.8 Å². The van der Waals surface area contributed by atoms with Gasteiger partial charge in [-0.05, 0) is 24.6 Å². The second kappa shape index (κ2) is 8.37. The van der Waals surface area contributed by atoms with E-state index in [1.165, 1.54) is 16.8 Å². The summed E-state index contributed by atoms with van der Waals surface area (Å²) < 4.78 is 1.23. The molecule has 0 radical (unpaired) electrons. The van der Waals surface area contributed by atoms with Gasteiger partial charge in [-0.3, -0.25) is 25.2 Å². The third-order valence-electron chi connectivity index (χ3n) is 3.83. The molecule has 1 aromatic carbocycles. The molecule has 0 bridgehead atoms. The molecule has 0 saturated heterocycles. The molecular formula is C18H15Cl2N5O3. The summed E-state index contributed by atoms with van der Waals surface area (Å²) in [4.78, 5) is 41.2. The van der Waals surface area contributed by atoms with Gasteiger partial charge >= 0.3 is 0 Å². The first-order valence-corrected chi connectivity index (χ1v) is 9.10. The fourth-order valence-electron chi connectivity index (χ4n) is 2.58. The Morgan fingerprint density at radius 1 is 1.00 bits per heavy atom. The van der Waals surface area contributed by atoms with Crippen molar-refractivity contribution in [2.45, 2.75) is 19.9 Å². The van der Waals surface area contributed by atoms with E-state index in [9.17, 15) is 14.4 Å². The highest BCUT2D eigenvalue weighted by Crippen LogP contribution is 2.17. The number of hydrazine groups is 1. The zero-order valence-corrected chi connectivity index (χ0v) is 16.2. The van der Waals surface area contributed by atoms with Crippen molar-refractivity contribution in [1.82, 2.24) is 25.6 Å². The maximum Gasteiger partial charge on any atom is 0.290 e. The van der Waals surface area contributed by atoms with Gasteiger partial charge in [-0.25, -0.2) is 9.67 Å². The number of fused-ring (bicyclic) bond motifs is 1. The molecule has 0 spiro atoms. The lowest BCUT2D eigenvalue weighted by atomic mass is 10.1. The van der Waals surface area contributed by atoms with E-state index in [2.05, 4.69) is 20.9 Å². The predicted octanol–water partition coefficient (Wildman–Crippen LogP) is 2.58. The first-order chi connectivity index (χ1) is 13.4. The van der Waals surface area contributed by atoms with Crippen LogP contribution in [0.1, 0.15) is 34.3 Å². The van der Waals surface area contributed by atoms with Crippen LogP contribution in [0.3, 0.4) is 0 Å². The van der Waals surface area contributed by atoms with E-state index in [1.54, 1.807) is 24.3 Å². The molecule has 2 amide bonds. The number of aryl methyl sites for hydroxylation is 1. The van der Waals surface area contributed by atoms with Crippen LogP contribution < -0.4 is 16.4 Å². The van der Waals surface area contributed by atoms with Crippen molar-refractivity contribution in [2.24, 2.45) is 0 Å². The first kappa shape index (κ1) is 19.8. The number of benzene rings is 1. The number of carbonyl (C=O) groups is 2. The number of hydrogen-bond acceptors (Lipinski definition) is 5. The molecule has 2 N–H and O–H groups in total. The lowest BCUT2D eigenvalue weighted by Crippen LogP contribution is -2.43. The van der Waals surface area contributed by atoms with Crippen molar-refractivity contribution in [3.05, 3.63) is 68.3 Å². The van der Waals surface area contributed by atoms with Crippen LogP contribution in [0, 0.1) is 0 Å². The van der Waals surface area contributed by atoms with Crippen LogP contribution in [0.5, 0.6) is 0 Å². The standard InChI is InChI=1S/C18H15Cl2N5O3/c1-2-9-25-18(28)11-6-4-3-5-10(11)14(24-25)16(26)22-23-17(27)15-12(19)7-8-13(20)21-15/h3-8H,2,9H2,1H3,(H,22,26)(H,23,27). The van der Waals surface area contributed by atoms with Gasteiger partial charge in [0.05, 0.1) is 10.4 Å². The fraction of sp³-hybridized carbons (Fsp3) is 0.167. The summed E-state index contributed by atoms with van der Waals surface area (Å²) in [6.07, 6.45) is 0.669. The number of rotatable bonds is 4. The molecule has 144 valence electrons. The number of carbonyl (C=O) groups excluding carboxylic acids is 2. The number of nitrogens with one attached hydrogen (secondary N) is 2. The molecule has 0 aliphatic carbocycles. The highest BCUT2D eigenvalue weighted by molar-refractivity contribution is 6.34. The van der Waals surface area contributed by atoms with E-state index >= 15 is 0 Å². The van der Waals surface area contributed by atoms with Gasteiger partial charge in [0.25, 0.3) is 17.4 Å². The van der Waals surface area contributed by atoms with Crippen LogP contribution in [0.15, 0.2) is 41.2 Å². The van der Waals surface area contributed by atoms with Crippen LogP contribution in [0.4, 0.5) is 0 Å². The first-order valence-electron chi connectivity index (χ1n) is 8.35. The zero-order chi connectivity index (χ0) is 20.3. The highest BCUT2D eigenvalue weighted by atomic mass is 35.5. The normalized spacial score (nSPS) is 10.7. The molecule has 2 heterocycles. The van der Waals surface area contributed by atoms with Gasteiger partial charge in [-0.1, -0.05) is 48.3 Å². The van der Waals surface area contributed by atoms with Crippen molar-refractivity contribution in [1.29, 1.82) is 0 Å². The Labute approximate surface area is 169 Å². The summed E-state index contributed by atoms with van der Waals surface area (Å²) in [6.45, 7) is 2.25. The Balaban J connectivity index is 1.89. The number of halogens is 2. The second-order valence-corrected chi connectivity index (χ2v) is 6.59. The van der Waals surface area contributed by atoms with Crippen LogP contribution in [-0.2, 0) is 6.54 Å². The summed E-state index contributed by atoms with van der Waals surface area (Å²) in [5.74, 6) is -1.43. The van der Waals surface area contributed by atoms with Gasteiger partial charge in [-0.2, -0.15) is 5.10 Å². The van der Waals surface area contributed by atoms with E-state index in [4.69, 9.17) is 23.2 Å². The van der Waals surface area contributed by atoms with E-state index in [0.29, 0.717) is 23.7 Å². The van der Waals surface area contributed by atoms with Gasteiger partial charge in [0.1, 0.15) is 10.8 Å². The summed E-state index contributed by atoms with van der Waals surface area (Å²) in [5.41, 5.74) is 4.08. The van der Waals surface area contributed by atoms with Crippen LogP contribution in [0.2, 0.25) is 10.2 Å². The van der Waals surface area contributed by atoms with E-state index in [-0.39, 0.29) is 27.1 Å². The average Bonchev–Trinajstić information content (AvgIpc) is 2.70. The average molecular weight is 420 g/mol. The topological polar surface area (TPSA) is 106 Å². The van der Waals surface area contributed by atoms with Gasteiger partial charge in [-0.15, -0.1) is 0 Å². The number of pyridine rings is 1. The molecule has 8 nitrogen and oxygen atoms in total. The van der Waals surface area contributed by atoms with Gasteiger partial charge in [0, 0.05) is 11.9 Å². The number of nitrogens with zero attached hydrogens (tertiary/aromatic N) is 3. The number of hydrogen-bond donors (Lipinski definition) is 2. The summed E-state index contributed by atoms with van der Waals surface area (Å²) in [7, 11) is 0. The zero-order valence-electron chi connectivity index (χ0n) is 14.7. The minimum atomic E-state index is -0.743. The number of amides is 2. The SMILES string of the molecule is CCCn1nc(C(=O)NNC(=O)c2nc(Cl)ccc2Cl)c2ccccc2c1=O. The van der Waals surface area contributed by atoms with Crippen LogP contribution >= 0.6 is 23.2 Å². The molecule has 28 heavy (non-hydrogen) atoms. The fourth-order valence-corrected chi connectivity index (χ4v) is 2.91. The molecule has 2 aromatic heterocycles. The molecule has 3 aromatic rings. The molecule has 3 rings (SSSR count). The summed E-state index contributed by atoms with van der Waals surface area (Å²) in [6, 6.07) is 9.49. The summed E-state index contributed by atoms with van der Waals surface area (Å²) >= 11 is 11.7. The maximum atomic E-state index is 12.6. The smallest absolute Gasteiger partial charge is 0.267 e. The lowest BCUT2D eigenvalue weighted by molar-refractivity contribution is 0.0841. The van der Waals surface area contributed by atoms with Crippen molar-refractivity contribution < 1.29 is 9.59 Å². The Morgan fingerprint density at radius 3 is 2.32 bits per heavy atom. The van der Waals surface area contributed by atoms with E-state index in [1.807, 2.05) is 6.92 Å². The molecule has 0 unspecified atom stereocenters. The van der Waals surface area contributed by atoms with Gasteiger partial charge < -0.3 is 0 Å². The van der Waals surface area contributed by atoms with Crippen molar-refractivity contribution in [2.75, 3.05) is 0 Å². The molecule has 0 atom stereocenters. The molecule has 0 fully saturated rings. The summed E-state index contributed by atoms with van der Waals surface area (Å²) in [5, 5.41) is 5.06. The molecule has 0 saturated carbocycles. The van der Waals surface area contributed by atoms with Crippen molar-refractivity contribution in [3.8, 4) is 0 Å². The Hall–Kier alpha value is -2.97. The molecule has 0 aliphatic heterocycles. The largest absolute Gasteiger partial charge is 0.290 e. The monoisotopic (exact) mass is 419 g/mol. The Morgan fingerprint density at radius 2 is 1.64 bits per heavy atom. The number of aromatic nitrogens is 3. The highest BCUT2D eigenvalue weighted by Gasteiger charge is 2.18. The quantitative estimate of drug-likeness (QED) is 0.499.